The van der Waals surface area contributed by atoms with Crippen LogP contribution >= 0.6 is 12.4 Å². The van der Waals surface area contributed by atoms with Crippen molar-refractivity contribution < 1.29 is 14.7 Å². The van der Waals surface area contributed by atoms with Gasteiger partial charge in [-0.05, 0) is 6.92 Å². The van der Waals surface area contributed by atoms with E-state index < -0.39 is 12.0 Å². The lowest BCUT2D eigenvalue weighted by atomic mass is 10.4. The average molecular weight is 154 g/mol. The Labute approximate surface area is 58.7 Å². The summed E-state index contributed by atoms with van der Waals surface area (Å²) >= 11 is 0. The molecule has 0 aromatic rings. The van der Waals surface area contributed by atoms with E-state index in [1.165, 1.54) is 6.92 Å². The number of carboxylic acid groups (broad SMARTS) is 1. The van der Waals surface area contributed by atoms with Gasteiger partial charge in [-0.15, -0.1) is 12.4 Å². The van der Waals surface area contributed by atoms with Crippen molar-refractivity contribution in [1.29, 1.82) is 0 Å². The molecule has 2 N–H and O–H groups in total. The monoisotopic (exact) mass is 153 g/mol. The van der Waals surface area contributed by atoms with Gasteiger partial charge in [-0.1, -0.05) is 0 Å². The first kappa shape index (κ1) is 11.1. The summed E-state index contributed by atoms with van der Waals surface area (Å²) < 4.78 is 0. The predicted molar refractivity (Wildman–Crippen MR) is 33.5 cm³/mol. The molecule has 0 saturated carbocycles. The summed E-state index contributed by atoms with van der Waals surface area (Å²) in [7, 11) is 0. The fraction of sp³-hybridized carbons (Fsp3) is 0.500. The number of carbonyl (C=O) groups excluding carboxylic acids is 1. The van der Waals surface area contributed by atoms with Crippen molar-refractivity contribution >= 4 is 24.8 Å². The minimum Gasteiger partial charge on any atom is -0.480 e. The van der Waals surface area contributed by atoms with E-state index in [9.17, 15) is 9.59 Å². The minimum atomic E-state index is -1.03. The Hall–Kier alpha value is -0.770. The van der Waals surface area contributed by atoms with Crippen molar-refractivity contribution in [1.82, 2.24) is 5.32 Å². The highest BCUT2D eigenvalue weighted by atomic mass is 35.5. The summed E-state index contributed by atoms with van der Waals surface area (Å²) in [6.45, 7) is 1.39. The first-order valence-corrected chi connectivity index (χ1v) is 2.11. The SMILES string of the molecule is C[C@H](NC=O)C(=O)O.Cl. The number of nitrogens with one attached hydrogen (secondary N) is 1. The van der Waals surface area contributed by atoms with Crippen molar-refractivity contribution in [2.75, 3.05) is 0 Å². The third-order valence-corrected chi connectivity index (χ3v) is 0.688. The normalized spacial score (nSPS) is 10.8. The average Bonchev–Trinajstić information content (AvgIpc) is 1.67. The van der Waals surface area contributed by atoms with Crippen LogP contribution in [-0.4, -0.2) is 23.5 Å². The quantitative estimate of drug-likeness (QED) is 0.544. The molecule has 0 radical (unpaired) electrons. The molecule has 0 aliphatic rings. The molecule has 1 atom stereocenters. The number of rotatable bonds is 3. The molecule has 9 heavy (non-hydrogen) atoms. The summed E-state index contributed by atoms with van der Waals surface area (Å²) in [6.07, 6.45) is 0.360. The molecule has 0 aromatic heterocycles. The third-order valence-electron chi connectivity index (χ3n) is 0.688. The number of carbonyl (C=O) groups is 2. The smallest absolute Gasteiger partial charge is 0.325 e. The Morgan fingerprint density at radius 2 is 2.22 bits per heavy atom. The topological polar surface area (TPSA) is 66.4 Å². The second-order valence-electron chi connectivity index (χ2n) is 1.34. The molecule has 0 aliphatic heterocycles. The molecule has 1 amide bonds. The van der Waals surface area contributed by atoms with E-state index in [0.29, 0.717) is 6.41 Å². The van der Waals surface area contributed by atoms with Crippen LogP contribution in [0.25, 0.3) is 0 Å². The van der Waals surface area contributed by atoms with E-state index in [-0.39, 0.29) is 12.4 Å². The maximum absolute atomic E-state index is 9.87. The van der Waals surface area contributed by atoms with Crippen LogP contribution < -0.4 is 5.32 Å². The predicted octanol–water partition coefficient (Wildman–Crippen LogP) is -0.373. The second-order valence-corrected chi connectivity index (χ2v) is 1.34. The minimum absolute atomic E-state index is 0. The molecule has 4 nitrogen and oxygen atoms in total. The Balaban J connectivity index is 0. The molecule has 0 spiro atoms. The molecule has 0 bridgehead atoms. The largest absolute Gasteiger partial charge is 0.480 e. The Morgan fingerprint density at radius 1 is 1.78 bits per heavy atom. The van der Waals surface area contributed by atoms with Crippen LogP contribution in [0.3, 0.4) is 0 Å². The van der Waals surface area contributed by atoms with Crippen LogP contribution in [0.1, 0.15) is 6.92 Å². The van der Waals surface area contributed by atoms with Gasteiger partial charge in [-0.2, -0.15) is 0 Å². The number of hydrogen-bond donors (Lipinski definition) is 2. The van der Waals surface area contributed by atoms with Crippen molar-refractivity contribution in [2.24, 2.45) is 0 Å². The Morgan fingerprint density at radius 3 is 2.33 bits per heavy atom. The zero-order valence-corrected chi connectivity index (χ0v) is 5.64. The third kappa shape index (κ3) is 5.10. The van der Waals surface area contributed by atoms with Crippen LogP contribution in [0.5, 0.6) is 0 Å². The number of amides is 1. The first-order valence-electron chi connectivity index (χ1n) is 2.11. The summed E-state index contributed by atoms with van der Waals surface area (Å²) in [5.74, 6) is -1.03. The van der Waals surface area contributed by atoms with E-state index in [4.69, 9.17) is 5.11 Å². The van der Waals surface area contributed by atoms with Gasteiger partial charge in [0, 0.05) is 0 Å². The van der Waals surface area contributed by atoms with E-state index in [0.717, 1.165) is 0 Å². The maximum atomic E-state index is 9.87. The molecule has 0 aliphatic carbocycles. The van der Waals surface area contributed by atoms with Gasteiger partial charge < -0.3 is 10.4 Å². The number of hydrogen-bond acceptors (Lipinski definition) is 2. The molecule has 0 saturated heterocycles. The lowest BCUT2D eigenvalue weighted by Crippen LogP contribution is -2.32. The number of carboxylic acids is 1. The van der Waals surface area contributed by atoms with Gasteiger partial charge >= 0.3 is 5.97 Å². The zero-order chi connectivity index (χ0) is 6.57. The molecular formula is C4H8ClNO3. The molecule has 54 valence electrons. The highest BCUT2D eigenvalue weighted by Crippen LogP contribution is 1.75. The first-order chi connectivity index (χ1) is 3.68. The van der Waals surface area contributed by atoms with Crippen LogP contribution in [0.4, 0.5) is 0 Å². The van der Waals surface area contributed by atoms with Gasteiger partial charge in [0.25, 0.3) is 0 Å². The fourth-order valence-corrected chi connectivity index (χ4v) is 0.173. The number of aliphatic carboxylic acids is 1. The molecule has 0 aromatic carbocycles. The van der Waals surface area contributed by atoms with Gasteiger partial charge in [0.05, 0.1) is 0 Å². The van der Waals surface area contributed by atoms with Gasteiger partial charge in [0.1, 0.15) is 6.04 Å². The highest BCUT2D eigenvalue weighted by molar-refractivity contribution is 5.85. The van der Waals surface area contributed by atoms with Crippen molar-refractivity contribution in [3.63, 3.8) is 0 Å². The summed E-state index contributed by atoms with van der Waals surface area (Å²) in [5, 5.41) is 10.2. The zero-order valence-electron chi connectivity index (χ0n) is 4.83. The van der Waals surface area contributed by atoms with Crippen LogP contribution in [0, 0.1) is 0 Å². The van der Waals surface area contributed by atoms with E-state index in [1.807, 2.05) is 0 Å². The number of halogens is 1. The standard InChI is InChI=1S/C4H7NO3.ClH/c1-3(4(7)8)5-2-6;/h2-3H,1H3,(H,5,6)(H,7,8);1H/t3-;/m0./s1. The van der Waals surface area contributed by atoms with Crippen LogP contribution in [0.2, 0.25) is 0 Å². The van der Waals surface area contributed by atoms with Gasteiger partial charge in [0.15, 0.2) is 0 Å². The van der Waals surface area contributed by atoms with Gasteiger partial charge in [-0.25, -0.2) is 0 Å². The second kappa shape index (κ2) is 5.37. The van der Waals surface area contributed by atoms with E-state index in [2.05, 4.69) is 5.32 Å². The van der Waals surface area contributed by atoms with Gasteiger partial charge in [0.2, 0.25) is 6.41 Å². The van der Waals surface area contributed by atoms with Gasteiger partial charge in [-0.3, -0.25) is 9.59 Å². The lowest BCUT2D eigenvalue weighted by molar-refractivity contribution is -0.140. The van der Waals surface area contributed by atoms with E-state index in [1.54, 1.807) is 0 Å². The molecule has 0 fully saturated rings. The Kier molecular flexibility index (Phi) is 6.61. The lowest BCUT2D eigenvalue weighted by Gasteiger charge is -2.00. The Bertz CT molecular complexity index is 106. The molecule has 0 rings (SSSR count). The van der Waals surface area contributed by atoms with Crippen molar-refractivity contribution in [2.45, 2.75) is 13.0 Å². The maximum Gasteiger partial charge on any atom is 0.325 e. The van der Waals surface area contributed by atoms with Crippen LogP contribution in [-0.2, 0) is 9.59 Å². The molecule has 0 heterocycles. The molecule has 0 unspecified atom stereocenters. The van der Waals surface area contributed by atoms with E-state index >= 15 is 0 Å². The summed E-state index contributed by atoms with van der Waals surface area (Å²) in [4.78, 5) is 19.4. The van der Waals surface area contributed by atoms with Crippen LogP contribution in [0.15, 0.2) is 0 Å². The van der Waals surface area contributed by atoms with Crippen molar-refractivity contribution in [3.05, 3.63) is 0 Å². The summed E-state index contributed by atoms with van der Waals surface area (Å²) in [5.41, 5.74) is 0. The summed E-state index contributed by atoms with van der Waals surface area (Å²) in [6, 6.07) is -0.785. The van der Waals surface area contributed by atoms with Crippen molar-refractivity contribution in [3.8, 4) is 0 Å². The molecule has 5 heteroatoms. The fourth-order valence-electron chi connectivity index (χ4n) is 0.173. The molecular weight excluding hydrogens is 146 g/mol. The highest BCUT2D eigenvalue weighted by Gasteiger charge is 2.06.